The van der Waals surface area contributed by atoms with E-state index in [4.69, 9.17) is 4.74 Å². The first-order chi connectivity index (χ1) is 16.5. The Morgan fingerprint density at radius 1 is 0.941 bits per heavy atom. The molecule has 34 heavy (non-hydrogen) atoms. The van der Waals surface area contributed by atoms with Crippen LogP contribution in [0.2, 0.25) is 0 Å². The summed E-state index contributed by atoms with van der Waals surface area (Å²) in [7, 11) is 0. The lowest BCUT2D eigenvalue weighted by atomic mass is 10.0. The number of anilines is 2. The quantitative estimate of drug-likeness (QED) is 0.571. The molecule has 0 unspecified atom stereocenters. The van der Waals surface area contributed by atoms with Crippen molar-refractivity contribution in [2.45, 2.75) is 30.8 Å². The molecule has 0 aliphatic carbocycles. The van der Waals surface area contributed by atoms with Gasteiger partial charge >= 0.3 is 0 Å². The Kier molecular flexibility index (Phi) is 5.17. The average molecular weight is 474 g/mol. The minimum atomic E-state index is -1.09. The van der Waals surface area contributed by atoms with Crippen LogP contribution >= 0.6 is 11.8 Å². The predicted molar refractivity (Wildman–Crippen MR) is 136 cm³/mol. The number of thioether (sulfide) groups is 1. The van der Waals surface area contributed by atoms with Crippen LogP contribution < -0.4 is 9.80 Å². The summed E-state index contributed by atoms with van der Waals surface area (Å²) in [6.07, 6.45) is 0. The number of ether oxygens (including phenoxy) is 1. The van der Waals surface area contributed by atoms with Gasteiger partial charge in [-0.2, -0.15) is 0 Å². The lowest BCUT2D eigenvalue weighted by Gasteiger charge is -2.41. The Labute approximate surface area is 203 Å². The number of amides is 2. The van der Waals surface area contributed by atoms with Crippen LogP contribution in [0.4, 0.5) is 11.4 Å². The number of para-hydroxylation sites is 1. The largest absolute Gasteiger partial charge is 0.378 e. The van der Waals surface area contributed by atoms with Crippen LogP contribution in [-0.2, 0) is 19.2 Å². The fourth-order valence-corrected chi connectivity index (χ4v) is 6.85. The van der Waals surface area contributed by atoms with Gasteiger partial charge in [-0.25, -0.2) is 0 Å². The Hall–Kier alpha value is -2.87. The van der Waals surface area contributed by atoms with Gasteiger partial charge in [-0.3, -0.25) is 24.3 Å². The molecular formula is C27H27N3O3S. The fourth-order valence-electron chi connectivity index (χ4n) is 5.49. The number of carbonyl (C=O) groups excluding carboxylic acids is 2. The van der Waals surface area contributed by atoms with E-state index in [9.17, 15) is 9.59 Å². The van der Waals surface area contributed by atoms with Crippen molar-refractivity contribution in [2.75, 3.05) is 35.4 Å². The molecule has 3 aliphatic heterocycles. The van der Waals surface area contributed by atoms with E-state index >= 15 is 0 Å². The minimum absolute atomic E-state index is 0.0432. The molecule has 6 nitrogen and oxygen atoms in total. The van der Waals surface area contributed by atoms with Gasteiger partial charge in [-0.1, -0.05) is 48.5 Å². The zero-order valence-corrected chi connectivity index (χ0v) is 20.1. The Morgan fingerprint density at radius 2 is 1.65 bits per heavy atom. The van der Waals surface area contributed by atoms with Crippen LogP contribution in [0, 0.1) is 0 Å². The van der Waals surface area contributed by atoms with Gasteiger partial charge in [0.25, 0.3) is 5.91 Å². The van der Waals surface area contributed by atoms with Gasteiger partial charge < -0.3 is 4.74 Å². The third-order valence-corrected chi connectivity index (χ3v) is 8.60. The van der Waals surface area contributed by atoms with Gasteiger partial charge in [0.05, 0.1) is 31.3 Å². The molecule has 3 aliphatic rings. The fraction of sp³-hybridized carbons (Fsp3) is 0.333. The summed E-state index contributed by atoms with van der Waals surface area (Å²) in [5, 5.41) is 2.15. The summed E-state index contributed by atoms with van der Waals surface area (Å²) in [6, 6.07) is 22.4. The highest BCUT2D eigenvalue weighted by Gasteiger charge is 2.61. The Balaban J connectivity index is 1.45. The molecule has 1 spiro atoms. The van der Waals surface area contributed by atoms with Crippen LogP contribution in [0.5, 0.6) is 0 Å². The van der Waals surface area contributed by atoms with E-state index < -0.39 is 4.87 Å². The van der Waals surface area contributed by atoms with E-state index in [0.717, 1.165) is 27.7 Å². The maximum Gasteiger partial charge on any atom is 0.269 e. The van der Waals surface area contributed by atoms with Crippen molar-refractivity contribution in [1.82, 2.24) is 4.90 Å². The molecule has 3 atom stereocenters. The number of rotatable bonds is 3. The zero-order chi connectivity index (χ0) is 23.4. The highest BCUT2D eigenvalue weighted by molar-refractivity contribution is 8.02. The van der Waals surface area contributed by atoms with Gasteiger partial charge in [0.1, 0.15) is 0 Å². The number of hydrogen-bond acceptors (Lipinski definition) is 5. The SMILES string of the molecule is C[C@@H]1COC[C@@H](C)N1CN1C(=O)[C@]2(SCC(=O)N2c2ccc3ccccc3c2)c2ccccc21. The second-order valence-electron chi connectivity index (χ2n) is 9.33. The third kappa shape index (κ3) is 3.11. The molecule has 3 heterocycles. The average Bonchev–Trinajstić information content (AvgIpc) is 3.31. The van der Waals surface area contributed by atoms with Crippen LogP contribution in [0.3, 0.4) is 0 Å². The smallest absolute Gasteiger partial charge is 0.269 e. The number of carbonyl (C=O) groups is 2. The molecule has 3 aromatic carbocycles. The first-order valence-electron chi connectivity index (χ1n) is 11.7. The lowest BCUT2D eigenvalue weighted by Crippen LogP contribution is -2.56. The van der Waals surface area contributed by atoms with Gasteiger partial charge in [0.15, 0.2) is 0 Å². The summed E-state index contributed by atoms with van der Waals surface area (Å²) in [4.78, 5) is 32.5. The maximum atomic E-state index is 14.3. The molecule has 0 radical (unpaired) electrons. The molecule has 0 N–H and O–H groups in total. The molecule has 7 heteroatoms. The van der Waals surface area contributed by atoms with E-state index in [1.54, 1.807) is 4.90 Å². The molecule has 2 amide bonds. The van der Waals surface area contributed by atoms with Crippen LogP contribution in [0.15, 0.2) is 66.7 Å². The standard InChI is InChI=1S/C27H27N3O3S/c1-18-14-33-15-19(2)28(18)17-29-24-10-6-5-9-23(24)27(26(29)32)30(25(31)16-34-27)22-12-11-20-7-3-4-8-21(20)13-22/h3-13,18-19H,14-17H2,1-2H3/t18-,19-,27-/m1/s1. The van der Waals surface area contributed by atoms with Crippen molar-refractivity contribution in [3.8, 4) is 0 Å². The zero-order valence-electron chi connectivity index (χ0n) is 19.3. The molecule has 0 aromatic heterocycles. The van der Waals surface area contributed by atoms with Crippen molar-refractivity contribution in [3.63, 3.8) is 0 Å². The summed E-state index contributed by atoms with van der Waals surface area (Å²) in [5.74, 6) is 0.174. The lowest BCUT2D eigenvalue weighted by molar-refractivity contribution is -0.124. The second-order valence-corrected chi connectivity index (χ2v) is 10.5. The molecule has 6 rings (SSSR count). The molecule has 0 bridgehead atoms. The van der Waals surface area contributed by atoms with Crippen LogP contribution in [-0.4, -0.2) is 54.4 Å². The van der Waals surface area contributed by atoms with Gasteiger partial charge in [-0.05, 0) is 42.8 Å². The van der Waals surface area contributed by atoms with Crippen molar-refractivity contribution in [1.29, 1.82) is 0 Å². The molecule has 2 fully saturated rings. The maximum absolute atomic E-state index is 14.3. The van der Waals surface area contributed by atoms with Gasteiger partial charge in [-0.15, -0.1) is 11.8 Å². The third-order valence-electron chi connectivity index (χ3n) is 7.21. The van der Waals surface area contributed by atoms with Crippen molar-refractivity contribution in [2.24, 2.45) is 0 Å². The van der Waals surface area contributed by atoms with Gasteiger partial charge in [0.2, 0.25) is 10.8 Å². The van der Waals surface area contributed by atoms with Crippen molar-refractivity contribution in [3.05, 3.63) is 72.3 Å². The molecular weight excluding hydrogens is 446 g/mol. The van der Waals surface area contributed by atoms with Gasteiger partial charge in [0, 0.05) is 23.3 Å². The Morgan fingerprint density at radius 3 is 2.44 bits per heavy atom. The molecule has 0 saturated carbocycles. The van der Waals surface area contributed by atoms with Crippen LogP contribution in [0.1, 0.15) is 19.4 Å². The van der Waals surface area contributed by atoms with Crippen molar-refractivity contribution < 1.29 is 14.3 Å². The molecule has 3 aromatic rings. The number of hydrogen-bond donors (Lipinski definition) is 0. The number of fused-ring (bicyclic) bond motifs is 3. The number of nitrogens with zero attached hydrogens (tertiary/aromatic N) is 3. The monoisotopic (exact) mass is 473 g/mol. The van der Waals surface area contributed by atoms with Crippen molar-refractivity contribution >= 4 is 45.7 Å². The summed E-state index contributed by atoms with van der Waals surface area (Å²) in [5.41, 5.74) is 2.52. The van der Waals surface area contributed by atoms with Crippen LogP contribution in [0.25, 0.3) is 10.8 Å². The predicted octanol–water partition coefficient (Wildman–Crippen LogP) is 4.19. The minimum Gasteiger partial charge on any atom is -0.378 e. The first-order valence-corrected chi connectivity index (χ1v) is 12.7. The first kappa shape index (κ1) is 21.6. The number of benzene rings is 3. The van der Waals surface area contributed by atoms with E-state index in [1.165, 1.54) is 11.8 Å². The molecule has 2 saturated heterocycles. The summed E-state index contributed by atoms with van der Waals surface area (Å²) < 4.78 is 5.70. The molecule has 174 valence electrons. The summed E-state index contributed by atoms with van der Waals surface area (Å²) in [6.45, 7) is 6.04. The van der Waals surface area contributed by atoms with E-state index in [2.05, 4.69) is 24.8 Å². The van der Waals surface area contributed by atoms with E-state index in [1.807, 2.05) is 65.6 Å². The summed E-state index contributed by atoms with van der Waals surface area (Å²) >= 11 is 1.43. The highest BCUT2D eigenvalue weighted by Crippen LogP contribution is 2.55. The van der Waals surface area contributed by atoms with E-state index in [-0.39, 0.29) is 29.7 Å². The number of morpholine rings is 1. The topological polar surface area (TPSA) is 53.1 Å². The highest BCUT2D eigenvalue weighted by atomic mass is 32.2. The normalized spacial score (nSPS) is 27.2. The van der Waals surface area contributed by atoms with E-state index in [0.29, 0.717) is 19.9 Å². The second kappa shape index (κ2) is 8.12. The Bertz CT molecular complexity index is 1290.